The quantitative estimate of drug-likeness (QED) is 0.668. The van der Waals surface area contributed by atoms with Crippen molar-refractivity contribution in [2.75, 3.05) is 5.32 Å². The first-order chi connectivity index (χ1) is 9.38. The Kier molecular flexibility index (Phi) is 4.74. The molecular formula is C14H10Cl3F2N. The van der Waals surface area contributed by atoms with Crippen LogP contribution in [0, 0.1) is 11.6 Å². The molecule has 0 saturated carbocycles. The van der Waals surface area contributed by atoms with E-state index in [1.54, 1.807) is 6.07 Å². The van der Waals surface area contributed by atoms with Crippen molar-refractivity contribution in [3.8, 4) is 0 Å². The van der Waals surface area contributed by atoms with Gasteiger partial charge in [-0.2, -0.15) is 0 Å². The van der Waals surface area contributed by atoms with Gasteiger partial charge in [-0.05, 0) is 36.8 Å². The van der Waals surface area contributed by atoms with Crippen LogP contribution >= 0.6 is 34.8 Å². The zero-order valence-corrected chi connectivity index (χ0v) is 12.6. The molecule has 1 nitrogen and oxygen atoms in total. The van der Waals surface area contributed by atoms with E-state index in [0.717, 1.165) is 5.56 Å². The van der Waals surface area contributed by atoms with Crippen molar-refractivity contribution in [2.24, 2.45) is 0 Å². The molecule has 2 aromatic carbocycles. The van der Waals surface area contributed by atoms with Gasteiger partial charge >= 0.3 is 0 Å². The van der Waals surface area contributed by atoms with Crippen LogP contribution in [0.2, 0.25) is 15.1 Å². The van der Waals surface area contributed by atoms with Crippen LogP contribution in [0.3, 0.4) is 0 Å². The highest BCUT2D eigenvalue weighted by Gasteiger charge is 2.11. The SMILES string of the molecule is CC(Nc1cc(Cl)c(F)c(Cl)c1)c1ccc(F)c(Cl)c1. The summed E-state index contributed by atoms with van der Waals surface area (Å²) in [6.07, 6.45) is 0. The molecule has 0 heterocycles. The fourth-order valence-corrected chi connectivity index (χ4v) is 2.43. The Morgan fingerprint density at radius 3 is 2.10 bits per heavy atom. The summed E-state index contributed by atoms with van der Waals surface area (Å²) < 4.78 is 26.4. The number of anilines is 1. The van der Waals surface area contributed by atoms with Crippen molar-refractivity contribution in [2.45, 2.75) is 13.0 Å². The summed E-state index contributed by atoms with van der Waals surface area (Å²) in [7, 11) is 0. The maximum atomic E-state index is 13.3. The molecule has 0 aliphatic carbocycles. The van der Waals surface area contributed by atoms with Crippen LogP contribution in [0.5, 0.6) is 0 Å². The minimum absolute atomic E-state index is 0.0475. The third kappa shape index (κ3) is 3.35. The predicted octanol–water partition coefficient (Wildman–Crippen LogP) is 6.10. The molecule has 6 heteroatoms. The first-order valence-electron chi connectivity index (χ1n) is 5.74. The molecule has 1 unspecified atom stereocenters. The topological polar surface area (TPSA) is 12.0 Å². The van der Waals surface area contributed by atoms with Crippen LogP contribution in [0.25, 0.3) is 0 Å². The van der Waals surface area contributed by atoms with Crippen molar-refractivity contribution in [1.29, 1.82) is 0 Å². The Bertz CT molecular complexity index is 623. The Hall–Kier alpha value is -1.03. The summed E-state index contributed by atoms with van der Waals surface area (Å²) in [5.74, 6) is -1.13. The van der Waals surface area contributed by atoms with Gasteiger partial charge < -0.3 is 5.32 Å². The molecular weight excluding hydrogens is 327 g/mol. The van der Waals surface area contributed by atoms with E-state index in [0.29, 0.717) is 5.69 Å². The van der Waals surface area contributed by atoms with Crippen LogP contribution in [0.15, 0.2) is 30.3 Å². The van der Waals surface area contributed by atoms with Gasteiger partial charge in [-0.25, -0.2) is 8.78 Å². The lowest BCUT2D eigenvalue weighted by Gasteiger charge is -2.17. The van der Waals surface area contributed by atoms with E-state index in [2.05, 4.69) is 5.32 Å². The molecule has 0 radical (unpaired) electrons. The predicted molar refractivity (Wildman–Crippen MR) is 79.9 cm³/mol. The van der Waals surface area contributed by atoms with Crippen LogP contribution < -0.4 is 5.32 Å². The zero-order chi connectivity index (χ0) is 14.9. The largest absolute Gasteiger partial charge is 0.378 e. The van der Waals surface area contributed by atoms with Gasteiger partial charge in [0.15, 0.2) is 5.82 Å². The second-order valence-corrected chi connectivity index (χ2v) is 5.52. The summed E-state index contributed by atoms with van der Waals surface area (Å²) in [5.41, 5.74) is 1.35. The van der Waals surface area contributed by atoms with Gasteiger partial charge in [-0.1, -0.05) is 40.9 Å². The lowest BCUT2D eigenvalue weighted by Crippen LogP contribution is -2.07. The van der Waals surface area contributed by atoms with E-state index < -0.39 is 11.6 Å². The lowest BCUT2D eigenvalue weighted by atomic mass is 10.1. The highest BCUT2D eigenvalue weighted by Crippen LogP contribution is 2.30. The van der Waals surface area contributed by atoms with Crippen molar-refractivity contribution >= 4 is 40.5 Å². The molecule has 0 aliphatic rings. The normalized spacial score (nSPS) is 12.3. The zero-order valence-electron chi connectivity index (χ0n) is 10.4. The molecule has 2 aromatic rings. The number of hydrogen-bond acceptors (Lipinski definition) is 1. The lowest BCUT2D eigenvalue weighted by molar-refractivity contribution is 0.626. The summed E-state index contributed by atoms with van der Waals surface area (Å²) >= 11 is 17.2. The van der Waals surface area contributed by atoms with Crippen LogP contribution in [-0.4, -0.2) is 0 Å². The molecule has 0 aromatic heterocycles. The number of nitrogens with one attached hydrogen (secondary N) is 1. The average molecular weight is 337 g/mol. The summed E-state index contributed by atoms with van der Waals surface area (Å²) in [6.45, 7) is 1.86. The highest BCUT2D eigenvalue weighted by atomic mass is 35.5. The molecule has 1 atom stereocenters. The van der Waals surface area contributed by atoms with Gasteiger partial charge in [0, 0.05) is 11.7 Å². The van der Waals surface area contributed by atoms with E-state index in [1.807, 2.05) is 6.92 Å². The van der Waals surface area contributed by atoms with Crippen molar-refractivity contribution in [3.63, 3.8) is 0 Å². The molecule has 106 valence electrons. The second-order valence-electron chi connectivity index (χ2n) is 4.29. The van der Waals surface area contributed by atoms with Gasteiger partial charge in [-0.15, -0.1) is 0 Å². The van der Waals surface area contributed by atoms with Gasteiger partial charge in [0.2, 0.25) is 0 Å². The molecule has 0 bridgehead atoms. The van der Waals surface area contributed by atoms with E-state index in [9.17, 15) is 8.78 Å². The van der Waals surface area contributed by atoms with Crippen molar-refractivity contribution < 1.29 is 8.78 Å². The van der Waals surface area contributed by atoms with Gasteiger partial charge in [0.1, 0.15) is 5.82 Å². The van der Waals surface area contributed by atoms with E-state index in [4.69, 9.17) is 34.8 Å². The number of rotatable bonds is 3. The molecule has 1 N–H and O–H groups in total. The Labute approximate surface area is 130 Å². The molecule has 0 fully saturated rings. The first kappa shape index (κ1) is 15.4. The molecule has 0 spiro atoms. The number of hydrogen-bond donors (Lipinski definition) is 1. The summed E-state index contributed by atoms with van der Waals surface area (Å²) in [4.78, 5) is 0. The fourth-order valence-electron chi connectivity index (χ4n) is 1.75. The molecule has 20 heavy (non-hydrogen) atoms. The molecule has 2 rings (SSSR count). The Morgan fingerprint density at radius 1 is 0.950 bits per heavy atom. The van der Waals surface area contributed by atoms with Crippen LogP contribution in [0.1, 0.15) is 18.5 Å². The van der Waals surface area contributed by atoms with E-state index in [1.165, 1.54) is 24.3 Å². The van der Waals surface area contributed by atoms with Gasteiger partial charge in [-0.3, -0.25) is 0 Å². The molecule has 0 aliphatic heterocycles. The highest BCUT2D eigenvalue weighted by molar-refractivity contribution is 6.35. The van der Waals surface area contributed by atoms with Crippen LogP contribution in [0.4, 0.5) is 14.5 Å². The Morgan fingerprint density at radius 2 is 1.55 bits per heavy atom. The minimum Gasteiger partial charge on any atom is -0.378 e. The number of halogens is 5. The second kappa shape index (κ2) is 6.17. The average Bonchev–Trinajstić information content (AvgIpc) is 2.39. The molecule has 0 saturated heterocycles. The standard InChI is InChI=1S/C14H10Cl3F2N/c1-7(8-2-3-13(18)10(15)4-8)20-9-5-11(16)14(19)12(17)6-9/h2-7,20H,1H3. The monoisotopic (exact) mass is 335 g/mol. The summed E-state index contributed by atoms with van der Waals surface area (Å²) in [6, 6.07) is 7.13. The third-order valence-corrected chi connectivity index (χ3v) is 3.65. The van der Waals surface area contributed by atoms with Crippen molar-refractivity contribution in [3.05, 3.63) is 62.6 Å². The third-order valence-electron chi connectivity index (χ3n) is 2.81. The first-order valence-corrected chi connectivity index (χ1v) is 6.88. The van der Waals surface area contributed by atoms with Gasteiger partial charge in [0.05, 0.1) is 15.1 Å². The molecule has 0 amide bonds. The number of benzene rings is 2. The minimum atomic E-state index is -0.656. The maximum Gasteiger partial charge on any atom is 0.160 e. The van der Waals surface area contributed by atoms with E-state index >= 15 is 0 Å². The van der Waals surface area contributed by atoms with Crippen molar-refractivity contribution in [1.82, 2.24) is 0 Å². The summed E-state index contributed by atoms with van der Waals surface area (Å²) in [5, 5.41) is 3.01. The van der Waals surface area contributed by atoms with E-state index in [-0.39, 0.29) is 21.1 Å². The fraction of sp³-hybridized carbons (Fsp3) is 0.143. The maximum absolute atomic E-state index is 13.3. The Balaban J connectivity index is 2.23. The van der Waals surface area contributed by atoms with Crippen LogP contribution in [-0.2, 0) is 0 Å². The smallest absolute Gasteiger partial charge is 0.160 e. The van der Waals surface area contributed by atoms with Gasteiger partial charge in [0.25, 0.3) is 0 Å².